The number of alkyl halides is 1. The van der Waals surface area contributed by atoms with E-state index in [-0.39, 0.29) is 11.9 Å². The zero-order valence-electron chi connectivity index (χ0n) is 13.3. The minimum absolute atomic E-state index is 0.0162. The van der Waals surface area contributed by atoms with Crippen molar-refractivity contribution < 1.29 is 9.53 Å². The smallest absolute Gasteiger partial charge is 0.275 e. The predicted octanol–water partition coefficient (Wildman–Crippen LogP) is 3.99. The lowest BCUT2D eigenvalue weighted by Gasteiger charge is -2.23. The van der Waals surface area contributed by atoms with Crippen LogP contribution in [0, 0.1) is 0 Å². The van der Waals surface area contributed by atoms with Crippen LogP contribution < -0.4 is 9.64 Å². The molecular weight excluding hydrogens is 324 g/mol. The number of amides is 1. The Labute approximate surface area is 145 Å². The van der Waals surface area contributed by atoms with Gasteiger partial charge in [0.2, 0.25) is 0 Å². The van der Waals surface area contributed by atoms with Gasteiger partial charge in [-0.1, -0.05) is 18.2 Å². The molecule has 24 heavy (non-hydrogen) atoms. The summed E-state index contributed by atoms with van der Waals surface area (Å²) >= 11 is 6.12. The molecule has 0 spiro atoms. The van der Waals surface area contributed by atoms with Gasteiger partial charge in [-0.3, -0.25) is 4.79 Å². The van der Waals surface area contributed by atoms with Gasteiger partial charge >= 0.3 is 0 Å². The number of hydrogen-bond donors (Lipinski definition) is 1. The van der Waals surface area contributed by atoms with Crippen LogP contribution in [0.4, 0.5) is 5.69 Å². The van der Waals surface area contributed by atoms with E-state index in [1.54, 1.807) is 7.11 Å². The van der Waals surface area contributed by atoms with Gasteiger partial charge in [0, 0.05) is 22.5 Å². The molecule has 2 aromatic carbocycles. The van der Waals surface area contributed by atoms with Crippen molar-refractivity contribution in [2.75, 3.05) is 17.9 Å². The van der Waals surface area contributed by atoms with Crippen LogP contribution in [0.2, 0.25) is 0 Å². The van der Waals surface area contributed by atoms with Gasteiger partial charge in [0.25, 0.3) is 5.91 Å². The maximum atomic E-state index is 13.1. The number of benzene rings is 2. The zero-order valence-corrected chi connectivity index (χ0v) is 14.0. The number of aromatic nitrogens is 1. The molecule has 4 rings (SSSR count). The number of aromatic amines is 1. The van der Waals surface area contributed by atoms with Crippen LogP contribution in [-0.4, -0.2) is 29.9 Å². The SMILES string of the molecule is COc1ccc2[nH]c(C(=O)N3c4ccccc4CC3CCl)cc2c1. The quantitative estimate of drug-likeness (QED) is 0.733. The highest BCUT2D eigenvalue weighted by molar-refractivity contribution is 6.19. The molecule has 0 aliphatic carbocycles. The molecular formula is C19H17ClN2O2. The first-order chi connectivity index (χ1) is 11.7. The highest BCUT2D eigenvalue weighted by Gasteiger charge is 2.34. The zero-order chi connectivity index (χ0) is 16.7. The van der Waals surface area contributed by atoms with Crippen LogP contribution in [0.3, 0.4) is 0 Å². The van der Waals surface area contributed by atoms with E-state index in [4.69, 9.17) is 16.3 Å². The number of carbonyl (C=O) groups is 1. The van der Waals surface area contributed by atoms with Crippen LogP contribution in [0.1, 0.15) is 16.1 Å². The molecule has 2 heterocycles. The van der Waals surface area contributed by atoms with Crippen molar-refractivity contribution >= 4 is 34.1 Å². The number of H-pyrrole nitrogens is 1. The van der Waals surface area contributed by atoms with Gasteiger partial charge in [0.1, 0.15) is 11.4 Å². The minimum Gasteiger partial charge on any atom is -0.497 e. The third kappa shape index (κ3) is 2.34. The average molecular weight is 341 g/mol. The van der Waals surface area contributed by atoms with E-state index in [2.05, 4.69) is 11.1 Å². The van der Waals surface area contributed by atoms with E-state index < -0.39 is 0 Å². The largest absolute Gasteiger partial charge is 0.497 e. The number of ether oxygens (including phenoxy) is 1. The summed E-state index contributed by atoms with van der Waals surface area (Å²) in [4.78, 5) is 18.1. The molecule has 1 aliphatic rings. The Bertz CT molecular complexity index is 919. The Kier molecular flexibility index (Phi) is 3.69. The van der Waals surface area contributed by atoms with Gasteiger partial charge in [0.05, 0.1) is 13.2 Å². The Balaban J connectivity index is 1.75. The summed E-state index contributed by atoms with van der Waals surface area (Å²) in [5.41, 5.74) is 3.58. The average Bonchev–Trinajstić information content (AvgIpc) is 3.21. The van der Waals surface area contributed by atoms with Crippen LogP contribution >= 0.6 is 11.6 Å². The molecule has 122 valence electrons. The van der Waals surface area contributed by atoms with Gasteiger partial charge in [-0.2, -0.15) is 0 Å². The minimum atomic E-state index is -0.0548. The number of fused-ring (bicyclic) bond motifs is 2. The number of hydrogen-bond acceptors (Lipinski definition) is 2. The van der Waals surface area contributed by atoms with Gasteiger partial charge in [-0.15, -0.1) is 11.6 Å². The standard InChI is InChI=1S/C19H17ClN2O2/c1-24-15-6-7-16-13(9-15)10-17(21-16)19(23)22-14(11-20)8-12-4-2-3-5-18(12)22/h2-7,9-10,14,21H,8,11H2,1H3. The highest BCUT2D eigenvalue weighted by atomic mass is 35.5. The van der Waals surface area contributed by atoms with Crippen molar-refractivity contribution in [2.24, 2.45) is 0 Å². The van der Waals surface area contributed by atoms with Crippen LogP contribution in [0.25, 0.3) is 10.9 Å². The summed E-state index contributed by atoms with van der Waals surface area (Å²) in [6, 6.07) is 15.5. The second-order valence-electron chi connectivity index (χ2n) is 5.95. The van der Waals surface area contributed by atoms with Crippen LogP contribution in [0.15, 0.2) is 48.5 Å². The number of rotatable bonds is 3. The monoisotopic (exact) mass is 340 g/mol. The molecule has 4 nitrogen and oxygen atoms in total. The van der Waals surface area contributed by atoms with Gasteiger partial charge in [-0.05, 0) is 42.3 Å². The fourth-order valence-corrected chi connectivity index (χ4v) is 3.59. The van der Waals surface area contributed by atoms with E-state index in [1.807, 2.05) is 47.4 Å². The van der Waals surface area contributed by atoms with Crippen LogP contribution in [0.5, 0.6) is 5.75 Å². The van der Waals surface area contributed by atoms with Gasteiger partial charge in [0.15, 0.2) is 0 Å². The molecule has 1 unspecified atom stereocenters. The fourth-order valence-electron chi connectivity index (χ4n) is 3.34. The normalized spacial score (nSPS) is 16.4. The van der Waals surface area contributed by atoms with Crippen molar-refractivity contribution in [1.82, 2.24) is 4.98 Å². The van der Waals surface area contributed by atoms with Gasteiger partial charge < -0.3 is 14.6 Å². The molecule has 1 aliphatic heterocycles. The lowest BCUT2D eigenvalue weighted by molar-refractivity contribution is 0.0977. The third-order valence-electron chi connectivity index (χ3n) is 4.53. The molecule has 0 bridgehead atoms. The van der Waals surface area contributed by atoms with E-state index in [0.717, 1.165) is 34.3 Å². The fraction of sp³-hybridized carbons (Fsp3) is 0.211. The lowest BCUT2D eigenvalue weighted by atomic mass is 10.1. The molecule has 3 aromatic rings. The number of carbonyl (C=O) groups excluding carboxylic acids is 1. The Morgan fingerprint density at radius 1 is 1.29 bits per heavy atom. The van der Waals surface area contributed by atoms with E-state index in [9.17, 15) is 4.79 Å². The summed E-state index contributed by atoms with van der Waals surface area (Å²) in [6.07, 6.45) is 0.791. The highest BCUT2D eigenvalue weighted by Crippen LogP contribution is 2.34. The second-order valence-corrected chi connectivity index (χ2v) is 6.26. The van der Waals surface area contributed by atoms with E-state index in [1.165, 1.54) is 0 Å². The number of nitrogens with zero attached hydrogens (tertiary/aromatic N) is 1. The maximum Gasteiger partial charge on any atom is 0.275 e. The van der Waals surface area contributed by atoms with Crippen molar-refractivity contribution in [3.05, 3.63) is 59.8 Å². The summed E-state index contributed by atoms with van der Waals surface area (Å²) in [7, 11) is 1.63. The second kappa shape index (κ2) is 5.87. The first kappa shape index (κ1) is 15.1. The topological polar surface area (TPSA) is 45.3 Å². The number of nitrogens with one attached hydrogen (secondary N) is 1. The Morgan fingerprint density at radius 3 is 2.92 bits per heavy atom. The molecule has 0 saturated heterocycles. The first-order valence-electron chi connectivity index (χ1n) is 7.85. The molecule has 0 saturated carbocycles. The number of para-hydroxylation sites is 1. The molecule has 0 fully saturated rings. The predicted molar refractivity (Wildman–Crippen MR) is 96.3 cm³/mol. The Morgan fingerprint density at radius 2 is 2.12 bits per heavy atom. The molecule has 1 atom stereocenters. The summed E-state index contributed by atoms with van der Waals surface area (Å²) < 4.78 is 5.25. The molecule has 1 amide bonds. The number of methoxy groups -OCH3 is 1. The molecule has 5 heteroatoms. The van der Waals surface area contributed by atoms with E-state index >= 15 is 0 Å². The maximum absolute atomic E-state index is 13.1. The van der Waals surface area contributed by atoms with Crippen molar-refractivity contribution in [1.29, 1.82) is 0 Å². The first-order valence-corrected chi connectivity index (χ1v) is 8.39. The van der Waals surface area contributed by atoms with E-state index in [0.29, 0.717) is 11.6 Å². The molecule has 1 N–H and O–H groups in total. The van der Waals surface area contributed by atoms with Crippen molar-refractivity contribution in [3.8, 4) is 5.75 Å². The van der Waals surface area contributed by atoms with Crippen LogP contribution in [-0.2, 0) is 6.42 Å². The molecule has 1 aromatic heterocycles. The summed E-state index contributed by atoms with van der Waals surface area (Å²) in [5, 5.41) is 0.951. The van der Waals surface area contributed by atoms with Crippen molar-refractivity contribution in [2.45, 2.75) is 12.5 Å². The Hall–Kier alpha value is -2.46. The lowest BCUT2D eigenvalue weighted by Crippen LogP contribution is -2.39. The number of halogens is 1. The number of anilines is 1. The molecule has 0 radical (unpaired) electrons. The third-order valence-corrected chi connectivity index (χ3v) is 4.88. The summed E-state index contributed by atoms with van der Waals surface area (Å²) in [6.45, 7) is 0. The van der Waals surface area contributed by atoms with Crippen molar-refractivity contribution in [3.63, 3.8) is 0 Å². The van der Waals surface area contributed by atoms with Gasteiger partial charge in [-0.25, -0.2) is 0 Å². The summed E-state index contributed by atoms with van der Waals surface area (Å²) in [5.74, 6) is 1.13.